The molecule has 0 spiro atoms. The Morgan fingerprint density at radius 1 is 1.50 bits per heavy atom. The van der Waals surface area contributed by atoms with Crippen LogP contribution < -0.4 is 5.32 Å². The number of carbonyl (C=O) groups is 1. The second kappa shape index (κ2) is 7.33. The minimum absolute atomic E-state index is 0.0581. The molecule has 0 aliphatic rings. The molecule has 1 rings (SSSR count). The number of thioether (sulfide) groups is 1. The maximum Gasteiger partial charge on any atom is 0.254 e. The van der Waals surface area contributed by atoms with Crippen molar-refractivity contribution in [3.8, 4) is 0 Å². The zero-order valence-corrected chi connectivity index (χ0v) is 10.8. The first kappa shape index (κ1) is 14.9. The van der Waals surface area contributed by atoms with Crippen molar-refractivity contribution in [3.63, 3.8) is 0 Å². The van der Waals surface area contributed by atoms with Gasteiger partial charge in [-0.15, -0.1) is 0 Å². The number of hydrogen-bond donors (Lipinski definition) is 2. The van der Waals surface area contributed by atoms with Crippen molar-refractivity contribution >= 4 is 17.7 Å². The van der Waals surface area contributed by atoms with Crippen LogP contribution in [0.1, 0.15) is 16.8 Å². The summed E-state index contributed by atoms with van der Waals surface area (Å²) < 4.78 is 26.1. The van der Waals surface area contributed by atoms with E-state index in [1.807, 2.05) is 6.26 Å². The van der Waals surface area contributed by atoms with Crippen LogP contribution in [0.3, 0.4) is 0 Å². The molecule has 0 bridgehead atoms. The number of rotatable bonds is 6. The molecule has 0 fully saturated rings. The highest BCUT2D eigenvalue weighted by Gasteiger charge is 2.16. The fraction of sp³-hybridized carbons (Fsp3) is 0.417. The van der Waals surface area contributed by atoms with E-state index in [9.17, 15) is 13.6 Å². The first-order valence-corrected chi connectivity index (χ1v) is 6.83. The smallest absolute Gasteiger partial charge is 0.254 e. The van der Waals surface area contributed by atoms with Crippen molar-refractivity contribution < 1.29 is 18.7 Å². The number of halogens is 2. The van der Waals surface area contributed by atoms with Gasteiger partial charge in [-0.2, -0.15) is 11.8 Å². The van der Waals surface area contributed by atoms with Crippen molar-refractivity contribution in [3.05, 3.63) is 35.4 Å². The third-order valence-electron chi connectivity index (χ3n) is 2.36. The van der Waals surface area contributed by atoms with Gasteiger partial charge in [0, 0.05) is 24.5 Å². The molecule has 1 unspecified atom stereocenters. The second-order valence-electron chi connectivity index (χ2n) is 3.76. The monoisotopic (exact) mass is 275 g/mol. The van der Waals surface area contributed by atoms with E-state index >= 15 is 0 Å². The van der Waals surface area contributed by atoms with Gasteiger partial charge in [-0.05, 0) is 24.8 Å². The molecule has 1 aromatic rings. The van der Waals surface area contributed by atoms with Gasteiger partial charge in [0.15, 0.2) is 0 Å². The third kappa shape index (κ3) is 4.27. The van der Waals surface area contributed by atoms with Crippen molar-refractivity contribution in [2.45, 2.75) is 12.5 Å². The third-order valence-corrected chi connectivity index (χ3v) is 3.09. The molecule has 0 aliphatic carbocycles. The summed E-state index contributed by atoms with van der Waals surface area (Å²) >= 11 is 1.51. The number of nitrogens with one attached hydrogen (secondary N) is 1. The standard InChI is InChI=1S/C12H15F2NO2S/c1-18-7-9(4-5-16)15-12(17)10-3-2-8(13)6-11(10)14/h2-3,6,9,16H,4-5,7H2,1H3,(H,15,17). The van der Waals surface area contributed by atoms with E-state index in [2.05, 4.69) is 5.32 Å². The van der Waals surface area contributed by atoms with Gasteiger partial charge < -0.3 is 10.4 Å². The molecule has 0 radical (unpaired) electrons. The van der Waals surface area contributed by atoms with Crippen LogP contribution in [-0.2, 0) is 0 Å². The fourth-order valence-electron chi connectivity index (χ4n) is 1.49. The maximum atomic E-state index is 13.4. The van der Waals surface area contributed by atoms with Crippen molar-refractivity contribution in [1.82, 2.24) is 5.32 Å². The van der Waals surface area contributed by atoms with Gasteiger partial charge >= 0.3 is 0 Å². The topological polar surface area (TPSA) is 49.3 Å². The summed E-state index contributed by atoms with van der Waals surface area (Å²) in [5.41, 5.74) is -0.194. The first-order chi connectivity index (χ1) is 8.58. The van der Waals surface area contributed by atoms with Gasteiger partial charge in [0.05, 0.1) is 5.56 Å². The van der Waals surface area contributed by atoms with Crippen LogP contribution in [0.5, 0.6) is 0 Å². The van der Waals surface area contributed by atoms with Crippen LogP contribution in [0, 0.1) is 11.6 Å². The molecule has 100 valence electrons. The van der Waals surface area contributed by atoms with Gasteiger partial charge in [0.1, 0.15) is 11.6 Å². The summed E-state index contributed by atoms with van der Waals surface area (Å²) in [4.78, 5) is 11.8. The SMILES string of the molecule is CSCC(CCO)NC(=O)c1ccc(F)cc1F. The molecule has 6 heteroatoms. The molecule has 0 saturated carbocycles. The molecule has 0 aliphatic heterocycles. The molecule has 3 nitrogen and oxygen atoms in total. The second-order valence-corrected chi connectivity index (χ2v) is 4.67. The van der Waals surface area contributed by atoms with Crippen molar-refractivity contribution in [1.29, 1.82) is 0 Å². The Morgan fingerprint density at radius 3 is 2.78 bits per heavy atom. The number of amides is 1. The Bertz CT molecular complexity index is 409. The summed E-state index contributed by atoms with van der Waals surface area (Å²) in [7, 11) is 0. The zero-order valence-electron chi connectivity index (χ0n) is 9.95. The minimum Gasteiger partial charge on any atom is -0.396 e. The Labute approximate surface area is 109 Å². The van der Waals surface area contributed by atoms with Gasteiger partial charge in [0.2, 0.25) is 0 Å². The normalized spacial score (nSPS) is 12.2. The Hall–Kier alpha value is -1.14. The van der Waals surface area contributed by atoms with E-state index in [-0.39, 0.29) is 18.2 Å². The quantitative estimate of drug-likeness (QED) is 0.832. The van der Waals surface area contributed by atoms with Crippen LogP contribution in [-0.4, -0.2) is 35.7 Å². The highest BCUT2D eigenvalue weighted by Crippen LogP contribution is 2.10. The van der Waals surface area contributed by atoms with Gasteiger partial charge in [0.25, 0.3) is 5.91 Å². The fourth-order valence-corrected chi connectivity index (χ4v) is 2.14. The lowest BCUT2D eigenvalue weighted by molar-refractivity contribution is 0.0931. The van der Waals surface area contributed by atoms with Crippen LogP contribution in [0.2, 0.25) is 0 Å². The summed E-state index contributed by atoms with van der Waals surface area (Å²) in [6.45, 7) is -0.0581. The molecule has 1 atom stereocenters. The molecular formula is C12H15F2NO2S. The molecular weight excluding hydrogens is 260 g/mol. The van der Waals surface area contributed by atoms with E-state index in [0.29, 0.717) is 18.2 Å². The zero-order chi connectivity index (χ0) is 13.5. The van der Waals surface area contributed by atoms with E-state index < -0.39 is 17.5 Å². The number of benzene rings is 1. The van der Waals surface area contributed by atoms with Crippen molar-refractivity contribution in [2.75, 3.05) is 18.6 Å². The van der Waals surface area contributed by atoms with E-state index in [1.165, 1.54) is 11.8 Å². The Balaban J connectivity index is 2.73. The van der Waals surface area contributed by atoms with E-state index in [0.717, 1.165) is 12.1 Å². The minimum atomic E-state index is -0.889. The molecule has 0 saturated heterocycles. The number of aliphatic hydroxyl groups excluding tert-OH is 1. The van der Waals surface area contributed by atoms with Gasteiger partial charge in [-0.25, -0.2) is 8.78 Å². The molecule has 1 aromatic carbocycles. The molecule has 18 heavy (non-hydrogen) atoms. The molecule has 2 N–H and O–H groups in total. The summed E-state index contributed by atoms with van der Waals surface area (Å²) in [5, 5.41) is 11.5. The Kier molecular flexibility index (Phi) is 6.07. The first-order valence-electron chi connectivity index (χ1n) is 5.44. The van der Waals surface area contributed by atoms with E-state index in [1.54, 1.807) is 0 Å². The lowest BCUT2D eigenvalue weighted by atomic mass is 10.1. The van der Waals surface area contributed by atoms with Crippen molar-refractivity contribution in [2.24, 2.45) is 0 Å². The van der Waals surface area contributed by atoms with Gasteiger partial charge in [-0.1, -0.05) is 0 Å². The Morgan fingerprint density at radius 2 is 2.22 bits per heavy atom. The largest absolute Gasteiger partial charge is 0.396 e. The predicted molar refractivity (Wildman–Crippen MR) is 67.7 cm³/mol. The highest BCUT2D eigenvalue weighted by atomic mass is 32.2. The predicted octanol–water partition coefficient (Wildman–Crippen LogP) is 1.81. The average molecular weight is 275 g/mol. The van der Waals surface area contributed by atoms with Crippen LogP contribution >= 0.6 is 11.8 Å². The lowest BCUT2D eigenvalue weighted by Crippen LogP contribution is -2.37. The lowest BCUT2D eigenvalue weighted by Gasteiger charge is -2.16. The number of aliphatic hydroxyl groups is 1. The summed E-state index contributed by atoms with van der Waals surface area (Å²) in [5.74, 6) is -1.59. The molecule has 0 heterocycles. The highest BCUT2D eigenvalue weighted by molar-refractivity contribution is 7.98. The van der Waals surface area contributed by atoms with Crippen LogP contribution in [0.15, 0.2) is 18.2 Å². The summed E-state index contributed by atoms with van der Waals surface area (Å²) in [6, 6.07) is 2.58. The van der Waals surface area contributed by atoms with Crippen LogP contribution in [0.4, 0.5) is 8.78 Å². The molecule has 1 amide bonds. The average Bonchev–Trinajstić information content (AvgIpc) is 2.29. The number of carbonyl (C=O) groups excluding carboxylic acids is 1. The van der Waals surface area contributed by atoms with Crippen LogP contribution in [0.25, 0.3) is 0 Å². The molecule has 0 aromatic heterocycles. The number of hydrogen-bond acceptors (Lipinski definition) is 3. The van der Waals surface area contributed by atoms with E-state index in [4.69, 9.17) is 5.11 Å². The maximum absolute atomic E-state index is 13.4. The van der Waals surface area contributed by atoms with Gasteiger partial charge in [-0.3, -0.25) is 4.79 Å². The summed E-state index contributed by atoms with van der Waals surface area (Å²) in [6.07, 6.45) is 2.27.